The Hall–Kier alpha value is -1.69. The molecule has 0 atom stereocenters. The molecular formula is C16H11Br2N3O4S2. The zero-order valence-corrected chi connectivity index (χ0v) is 18.2. The number of amidine groups is 1. The number of halogens is 2. The van der Waals surface area contributed by atoms with E-state index in [1.54, 1.807) is 24.3 Å². The summed E-state index contributed by atoms with van der Waals surface area (Å²) in [6.07, 6.45) is 1.44. The van der Waals surface area contributed by atoms with Crippen LogP contribution in [-0.4, -0.2) is 31.5 Å². The summed E-state index contributed by atoms with van der Waals surface area (Å²) >= 11 is 7.72. The van der Waals surface area contributed by atoms with E-state index in [0.717, 1.165) is 0 Å². The average Bonchev–Trinajstić information content (AvgIpc) is 3.02. The van der Waals surface area contributed by atoms with Crippen molar-refractivity contribution in [1.29, 1.82) is 0 Å². The maximum absolute atomic E-state index is 12.5. The van der Waals surface area contributed by atoms with Gasteiger partial charge in [0.15, 0.2) is 5.17 Å². The molecule has 2 aromatic rings. The molecule has 0 unspecified atom stereocenters. The third-order valence-electron chi connectivity index (χ3n) is 3.17. The highest BCUT2D eigenvalue weighted by Crippen LogP contribution is 2.28. The van der Waals surface area contributed by atoms with Crippen LogP contribution < -0.4 is 9.50 Å². The number of carbonyl (C=O) groups is 1. The molecule has 0 aromatic heterocycles. The Morgan fingerprint density at radius 2 is 2.00 bits per heavy atom. The average molecular weight is 533 g/mol. The Kier molecular flexibility index (Phi) is 6.35. The number of thioether (sulfide) groups is 1. The minimum Gasteiger partial charge on any atom is -0.379 e. The molecule has 0 radical (unpaired) electrons. The lowest BCUT2D eigenvalue weighted by atomic mass is 10.2. The van der Waals surface area contributed by atoms with E-state index in [1.165, 1.54) is 36.2 Å². The van der Waals surface area contributed by atoms with Crippen molar-refractivity contribution in [3.8, 4) is 5.75 Å². The molecule has 1 aliphatic heterocycles. The van der Waals surface area contributed by atoms with E-state index in [2.05, 4.69) is 47.4 Å². The first-order valence-corrected chi connectivity index (χ1v) is 11.3. The predicted molar refractivity (Wildman–Crippen MR) is 112 cm³/mol. The highest BCUT2D eigenvalue weighted by molar-refractivity contribution is 9.11. The maximum Gasteiger partial charge on any atom is 0.340 e. The summed E-state index contributed by atoms with van der Waals surface area (Å²) in [6.45, 7) is 0. The van der Waals surface area contributed by atoms with E-state index in [0.29, 0.717) is 25.4 Å². The number of hydrogen-bond donors (Lipinski definition) is 1. The fourth-order valence-electron chi connectivity index (χ4n) is 2.01. The zero-order chi connectivity index (χ0) is 19.4. The Bertz CT molecular complexity index is 1060. The smallest absolute Gasteiger partial charge is 0.340 e. The second-order valence-corrected chi connectivity index (χ2v) is 9.42. The van der Waals surface area contributed by atoms with Gasteiger partial charge >= 0.3 is 10.1 Å². The Labute approximate surface area is 176 Å². The molecule has 1 saturated heterocycles. The first kappa shape index (κ1) is 20.1. The monoisotopic (exact) mass is 531 g/mol. The number of nitrogens with zero attached hydrogens (tertiary/aromatic N) is 2. The van der Waals surface area contributed by atoms with Gasteiger partial charge in [-0.2, -0.15) is 13.5 Å². The Morgan fingerprint density at radius 3 is 2.74 bits per heavy atom. The summed E-state index contributed by atoms with van der Waals surface area (Å²) in [5.41, 5.74) is 0.592. The van der Waals surface area contributed by atoms with Gasteiger partial charge in [-0.25, -0.2) is 0 Å². The number of hydrogen-bond acceptors (Lipinski definition) is 7. The molecule has 1 fully saturated rings. The van der Waals surface area contributed by atoms with E-state index >= 15 is 0 Å². The molecule has 3 rings (SSSR count). The van der Waals surface area contributed by atoms with Crippen molar-refractivity contribution in [3.63, 3.8) is 0 Å². The van der Waals surface area contributed by atoms with Gasteiger partial charge < -0.3 is 9.50 Å². The SMILES string of the molecule is O=C1CS/C(=N\N=C/c2cccc(OS(=O)(=O)c3cc(Br)ccc3Br)c2)N1. The first-order valence-electron chi connectivity index (χ1n) is 7.37. The molecule has 1 N–H and O–H groups in total. The lowest BCUT2D eigenvalue weighted by Crippen LogP contribution is -2.19. The third kappa shape index (κ3) is 5.41. The van der Waals surface area contributed by atoms with Crippen LogP contribution in [0.3, 0.4) is 0 Å². The van der Waals surface area contributed by atoms with Crippen LogP contribution in [0.2, 0.25) is 0 Å². The number of amides is 1. The summed E-state index contributed by atoms with van der Waals surface area (Å²) in [5.74, 6) is 0.344. The highest BCUT2D eigenvalue weighted by Gasteiger charge is 2.20. The van der Waals surface area contributed by atoms with Crippen molar-refractivity contribution in [2.45, 2.75) is 4.90 Å². The van der Waals surface area contributed by atoms with Gasteiger partial charge in [-0.05, 0) is 51.8 Å². The van der Waals surface area contributed by atoms with Crippen molar-refractivity contribution in [2.24, 2.45) is 10.2 Å². The van der Waals surface area contributed by atoms with E-state index in [9.17, 15) is 13.2 Å². The second kappa shape index (κ2) is 8.55. The molecule has 0 saturated carbocycles. The van der Waals surface area contributed by atoms with Gasteiger partial charge in [0.2, 0.25) is 5.91 Å². The highest BCUT2D eigenvalue weighted by atomic mass is 79.9. The minimum absolute atomic E-state index is 0.0105. The summed E-state index contributed by atoms with van der Waals surface area (Å²) in [7, 11) is -4.02. The van der Waals surface area contributed by atoms with Gasteiger partial charge in [-0.3, -0.25) is 4.79 Å². The summed E-state index contributed by atoms with van der Waals surface area (Å²) < 4.78 is 31.3. The van der Waals surface area contributed by atoms with E-state index in [4.69, 9.17) is 4.18 Å². The van der Waals surface area contributed by atoms with Crippen LogP contribution >= 0.6 is 43.6 Å². The number of nitrogens with one attached hydrogen (secondary N) is 1. The van der Waals surface area contributed by atoms with Crippen LogP contribution in [0.5, 0.6) is 5.75 Å². The third-order valence-corrected chi connectivity index (χ3v) is 6.77. The number of carbonyl (C=O) groups excluding carboxylic acids is 1. The molecule has 1 heterocycles. The van der Waals surface area contributed by atoms with E-state index < -0.39 is 10.1 Å². The van der Waals surface area contributed by atoms with Gasteiger partial charge in [0.05, 0.1) is 12.0 Å². The van der Waals surface area contributed by atoms with Crippen LogP contribution in [-0.2, 0) is 14.9 Å². The molecule has 1 amide bonds. The molecule has 27 heavy (non-hydrogen) atoms. The Morgan fingerprint density at radius 1 is 1.19 bits per heavy atom. The van der Waals surface area contributed by atoms with Crippen LogP contribution in [0.4, 0.5) is 0 Å². The van der Waals surface area contributed by atoms with Gasteiger partial charge in [0.25, 0.3) is 0 Å². The van der Waals surface area contributed by atoms with Crippen molar-refractivity contribution >= 4 is 71.0 Å². The molecule has 2 aromatic carbocycles. The zero-order valence-electron chi connectivity index (χ0n) is 13.4. The molecule has 0 aliphatic carbocycles. The van der Waals surface area contributed by atoms with Crippen molar-refractivity contribution in [1.82, 2.24) is 5.32 Å². The molecule has 140 valence electrons. The topological polar surface area (TPSA) is 97.2 Å². The molecule has 0 bridgehead atoms. The quantitative estimate of drug-likeness (QED) is 0.361. The Balaban J connectivity index is 1.77. The van der Waals surface area contributed by atoms with Crippen LogP contribution in [0, 0.1) is 0 Å². The normalized spacial score (nSPS) is 16.1. The number of benzene rings is 2. The van der Waals surface area contributed by atoms with Crippen molar-refractivity contribution in [2.75, 3.05) is 5.75 Å². The van der Waals surface area contributed by atoms with Crippen molar-refractivity contribution in [3.05, 3.63) is 57.0 Å². The molecule has 7 nitrogen and oxygen atoms in total. The second-order valence-electron chi connectivity index (χ2n) is 5.17. The summed E-state index contributed by atoms with van der Waals surface area (Å²) in [6, 6.07) is 11.2. The summed E-state index contributed by atoms with van der Waals surface area (Å²) in [4.78, 5) is 11.1. The van der Waals surface area contributed by atoms with Crippen LogP contribution in [0.1, 0.15) is 5.56 Å². The fourth-order valence-corrected chi connectivity index (χ4v) is 5.02. The van der Waals surface area contributed by atoms with Crippen LogP contribution in [0.15, 0.2) is 66.5 Å². The van der Waals surface area contributed by atoms with Gasteiger partial charge in [-0.1, -0.05) is 39.8 Å². The summed E-state index contributed by atoms with van der Waals surface area (Å²) in [5, 5.41) is 10.8. The van der Waals surface area contributed by atoms with E-state index in [-0.39, 0.29) is 16.6 Å². The minimum atomic E-state index is -4.02. The fraction of sp³-hybridized carbons (Fsp3) is 0.0625. The molecule has 11 heteroatoms. The molecule has 0 spiro atoms. The standard InChI is InChI=1S/C16H11Br2N3O4S2/c17-11-4-5-13(18)14(7-11)27(23,24)25-12-3-1-2-10(6-12)8-19-21-16-20-15(22)9-26-16/h1-8H,9H2,(H,20,21,22)/b19-8-. The largest absolute Gasteiger partial charge is 0.379 e. The van der Waals surface area contributed by atoms with Gasteiger partial charge in [0, 0.05) is 8.95 Å². The van der Waals surface area contributed by atoms with Crippen molar-refractivity contribution < 1.29 is 17.4 Å². The number of rotatable bonds is 5. The molecule has 1 aliphatic rings. The van der Waals surface area contributed by atoms with E-state index in [1.807, 2.05) is 0 Å². The first-order chi connectivity index (χ1) is 12.8. The maximum atomic E-state index is 12.5. The van der Waals surface area contributed by atoms with Gasteiger partial charge in [0.1, 0.15) is 10.6 Å². The van der Waals surface area contributed by atoms with Gasteiger partial charge in [-0.15, -0.1) is 5.10 Å². The lowest BCUT2D eigenvalue weighted by Gasteiger charge is -2.09. The van der Waals surface area contributed by atoms with Crippen LogP contribution in [0.25, 0.3) is 0 Å². The molecular weight excluding hydrogens is 522 g/mol. The lowest BCUT2D eigenvalue weighted by molar-refractivity contribution is -0.116. The predicted octanol–water partition coefficient (Wildman–Crippen LogP) is 3.53.